The smallest absolute Gasteiger partial charge is 0.330 e. The standard InChI is InChI=1S/C30H47FN5O11PSi/c1-16-12-35(28(40)32-25(16)37)23-10-19(31)22(46-23)15-48(42,34-18(3)27(39)43-7)47-20-11-24(36-13-17(2)26(38)33-29(36)41)45-21(20)14-44-49(8,9)30(4,5)6/h12-13,18-24H,10-11,14-15H2,1-9H3,(H,34,42)(H,32,37,40)(H,33,38,41)/t18-,19-,20-,21+,22+,23+,24+,48?/m0/s1. The van der Waals surface area contributed by atoms with Crippen molar-refractivity contribution < 1.29 is 36.9 Å². The molecule has 0 bridgehead atoms. The molecule has 0 aromatic carbocycles. The third kappa shape index (κ3) is 8.85. The van der Waals surface area contributed by atoms with E-state index >= 15 is 4.39 Å². The Bertz CT molecular complexity index is 1820. The van der Waals surface area contributed by atoms with Crippen LogP contribution in [0.5, 0.6) is 0 Å². The second-order valence-electron chi connectivity index (χ2n) is 14.1. The predicted molar refractivity (Wildman–Crippen MR) is 179 cm³/mol. The predicted octanol–water partition coefficient (Wildman–Crippen LogP) is 2.37. The molecule has 2 aliphatic heterocycles. The second kappa shape index (κ2) is 14.7. The van der Waals surface area contributed by atoms with E-state index in [1.165, 1.54) is 37.7 Å². The fourth-order valence-electron chi connectivity index (χ4n) is 5.37. The average Bonchev–Trinajstić information content (AvgIpc) is 3.56. The van der Waals surface area contributed by atoms with Crippen molar-refractivity contribution in [3.8, 4) is 0 Å². The van der Waals surface area contributed by atoms with Crippen molar-refractivity contribution in [2.24, 2.45) is 0 Å². The Hall–Kier alpha value is -2.99. The molecule has 2 fully saturated rings. The lowest BCUT2D eigenvalue weighted by Crippen LogP contribution is -2.44. The number of alkyl halides is 1. The van der Waals surface area contributed by atoms with Gasteiger partial charge in [-0.3, -0.25) is 38.1 Å². The van der Waals surface area contributed by atoms with Crippen molar-refractivity contribution in [1.29, 1.82) is 0 Å². The molecule has 0 amide bonds. The summed E-state index contributed by atoms with van der Waals surface area (Å²) in [5.74, 6) is -0.755. The quantitative estimate of drug-likeness (QED) is 0.164. The maximum Gasteiger partial charge on any atom is 0.330 e. The third-order valence-corrected chi connectivity index (χ3v) is 16.1. The van der Waals surface area contributed by atoms with Gasteiger partial charge in [-0.2, -0.15) is 0 Å². The van der Waals surface area contributed by atoms with Crippen LogP contribution in [0.4, 0.5) is 4.39 Å². The number of nitrogens with one attached hydrogen (secondary N) is 3. The van der Waals surface area contributed by atoms with Crippen LogP contribution in [-0.4, -0.2) is 83.8 Å². The summed E-state index contributed by atoms with van der Waals surface area (Å²) in [5.41, 5.74) is -2.18. The number of methoxy groups -OCH3 is 1. The maximum atomic E-state index is 15.6. The van der Waals surface area contributed by atoms with Gasteiger partial charge in [0.15, 0.2) is 8.32 Å². The van der Waals surface area contributed by atoms with E-state index < -0.39 is 93.4 Å². The molecule has 4 rings (SSSR count). The lowest BCUT2D eigenvalue weighted by Gasteiger charge is -2.37. The van der Waals surface area contributed by atoms with E-state index in [4.69, 9.17) is 23.2 Å². The molecule has 2 aliphatic rings. The van der Waals surface area contributed by atoms with Crippen molar-refractivity contribution in [2.75, 3.05) is 19.9 Å². The number of carbonyl (C=O) groups is 1. The fourth-order valence-corrected chi connectivity index (χ4v) is 8.78. The minimum absolute atomic E-state index is 0.00349. The molecule has 3 N–H and O–H groups in total. The zero-order valence-electron chi connectivity index (χ0n) is 29.2. The van der Waals surface area contributed by atoms with Crippen molar-refractivity contribution in [3.05, 3.63) is 65.2 Å². The first kappa shape index (κ1) is 38.8. The van der Waals surface area contributed by atoms with Crippen LogP contribution in [-0.2, 0) is 32.5 Å². The highest BCUT2D eigenvalue weighted by Gasteiger charge is 2.48. The molecule has 2 saturated heterocycles. The van der Waals surface area contributed by atoms with E-state index in [2.05, 4.69) is 35.8 Å². The highest BCUT2D eigenvalue weighted by molar-refractivity contribution is 7.57. The fraction of sp³-hybridized carbons (Fsp3) is 0.700. The van der Waals surface area contributed by atoms with Gasteiger partial charge in [-0.25, -0.2) is 19.1 Å². The normalized spacial score (nSPS) is 26.4. The first-order valence-corrected chi connectivity index (χ1v) is 20.7. The summed E-state index contributed by atoms with van der Waals surface area (Å²) in [7, 11) is -5.42. The minimum Gasteiger partial charge on any atom is -0.468 e. The zero-order valence-corrected chi connectivity index (χ0v) is 31.1. The lowest BCUT2D eigenvalue weighted by atomic mass is 10.2. The second-order valence-corrected chi connectivity index (χ2v) is 21.1. The van der Waals surface area contributed by atoms with E-state index in [1.54, 1.807) is 0 Å². The van der Waals surface area contributed by atoms with Gasteiger partial charge in [0.2, 0.25) is 0 Å². The largest absolute Gasteiger partial charge is 0.468 e. The summed E-state index contributed by atoms with van der Waals surface area (Å²) < 4.78 is 62.2. The van der Waals surface area contributed by atoms with Crippen molar-refractivity contribution in [1.82, 2.24) is 24.2 Å². The van der Waals surface area contributed by atoms with E-state index in [-0.39, 0.29) is 35.6 Å². The van der Waals surface area contributed by atoms with E-state index in [9.17, 15) is 28.5 Å². The molecule has 8 atom stereocenters. The van der Waals surface area contributed by atoms with Crippen LogP contribution in [0, 0.1) is 13.8 Å². The first-order valence-electron chi connectivity index (χ1n) is 16.0. The number of aromatic amines is 2. The van der Waals surface area contributed by atoms with Crippen molar-refractivity contribution in [3.63, 3.8) is 0 Å². The number of rotatable bonds is 12. The molecule has 16 nitrogen and oxygen atoms in total. The molecule has 274 valence electrons. The molecule has 2 aromatic heterocycles. The number of hydrogen-bond donors (Lipinski definition) is 3. The van der Waals surface area contributed by atoms with Gasteiger partial charge < -0.3 is 23.2 Å². The minimum atomic E-state index is -4.24. The van der Waals surface area contributed by atoms with E-state index in [0.29, 0.717) is 0 Å². The van der Waals surface area contributed by atoms with Gasteiger partial charge in [0.25, 0.3) is 18.6 Å². The molecule has 19 heteroatoms. The zero-order chi connectivity index (χ0) is 36.6. The molecular weight excluding hydrogens is 684 g/mol. The van der Waals surface area contributed by atoms with Gasteiger partial charge >= 0.3 is 17.3 Å². The van der Waals surface area contributed by atoms with Crippen LogP contribution in [0.15, 0.2) is 31.6 Å². The summed E-state index contributed by atoms with van der Waals surface area (Å²) in [4.78, 5) is 66.1. The van der Waals surface area contributed by atoms with Crippen LogP contribution >= 0.6 is 7.52 Å². The van der Waals surface area contributed by atoms with Crippen LogP contribution in [0.2, 0.25) is 18.1 Å². The molecule has 0 aliphatic carbocycles. The van der Waals surface area contributed by atoms with Crippen molar-refractivity contribution in [2.45, 2.75) is 115 Å². The maximum absolute atomic E-state index is 15.6. The highest BCUT2D eigenvalue weighted by Crippen LogP contribution is 2.51. The Balaban J connectivity index is 1.66. The van der Waals surface area contributed by atoms with Gasteiger partial charge in [-0.1, -0.05) is 20.8 Å². The number of esters is 1. The topological polar surface area (TPSA) is 202 Å². The van der Waals surface area contributed by atoms with E-state index in [1.807, 2.05) is 13.1 Å². The van der Waals surface area contributed by atoms with Gasteiger partial charge in [0.05, 0.1) is 26.0 Å². The molecular formula is C30H47FN5O11PSi. The number of halogens is 1. The third-order valence-electron chi connectivity index (χ3n) is 9.34. The summed E-state index contributed by atoms with van der Waals surface area (Å²) in [6.45, 7) is 14.7. The Kier molecular flexibility index (Phi) is 11.6. The van der Waals surface area contributed by atoms with Crippen LogP contribution < -0.4 is 27.6 Å². The molecule has 49 heavy (non-hydrogen) atoms. The molecule has 4 heterocycles. The highest BCUT2D eigenvalue weighted by atomic mass is 31.2. The van der Waals surface area contributed by atoms with Gasteiger partial charge in [-0.15, -0.1) is 0 Å². The van der Waals surface area contributed by atoms with Gasteiger partial charge in [0.1, 0.15) is 36.9 Å². The number of aromatic nitrogens is 4. The van der Waals surface area contributed by atoms with Crippen LogP contribution in [0.1, 0.15) is 64.1 Å². The van der Waals surface area contributed by atoms with Gasteiger partial charge in [0, 0.05) is 36.4 Å². The monoisotopic (exact) mass is 731 g/mol. The number of hydrogen-bond acceptors (Lipinski definition) is 11. The molecule has 2 aromatic rings. The lowest BCUT2D eigenvalue weighted by molar-refractivity contribution is -0.142. The molecule has 1 unspecified atom stereocenters. The van der Waals surface area contributed by atoms with Gasteiger partial charge in [-0.05, 0) is 38.9 Å². The summed E-state index contributed by atoms with van der Waals surface area (Å²) >= 11 is 0. The van der Waals surface area contributed by atoms with Crippen LogP contribution in [0.3, 0.4) is 0 Å². The summed E-state index contributed by atoms with van der Waals surface area (Å²) in [6, 6.07) is -1.15. The summed E-state index contributed by atoms with van der Waals surface area (Å²) in [5, 5.41) is 2.53. The number of H-pyrrole nitrogens is 2. The Morgan fingerprint density at radius 1 is 1.02 bits per heavy atom. The molecule has 0 spiro atoms. The first-order chi connectivity index (χ1) is 22.6. The molecule has 0 saturated carbocycles. The Morgan fingerprint density at radius 2 is 1.53 bits per heavy atom. The Morgan fingerprint density at radius 3 is 2.04 bits per heavy atom. The van der Waals surface area contributed by atoms with Crippen molar-refractivity contribution >= 4 is 21.8 Å². The number of ether oxygens (including phenoxy) is 3. The van der Waals surface area contributed by atoms with E-state index in [0.717, 1.165) is 11.7 Å². The number of carbonyl (C=O) groups excluding carboxylic acids is 1. The number of nitrogens with zero attached hydrogens (tertiary/aromatic N) is 2. The SMILES string of the molecule is COC(=O)[C@H](C)NP(=O)(C[C@H]1O[C@@H](n2cc(C)c(=O)[nH]c2=O)C[C@@H]1F)O[C@H]1C[C@H](n2cc(C)c(=O)[nH]c2=O)O[C@@H]1CO[Si](C)(C)C(C)(C)C. The van der Waals surface area contributed by atoms with Crippen LogP contribution in [0.25, 0.3) is 0 Å². The average molecular weight is 732 g/mol. The Labute approximate surface area is 283 Å². The summed E-state index contributed by atoms with van der Waals surface area (Å²) in [6.07, 6.45) is -5.24. The number of aryl methyl sites for hydroxylation is 2. The molecule has 0 radical (unpaired) electrons.